The van der Waals surface area contributed by atoms with Gasteiger partial charge < -0.3 is 0 Å². The molecule has 10 heavy (non-hydrogen) atoms. The molecule has 0 aromatic carbocycles. The first-order valence-electron chi connectivity index (χ1n) is 3.85. The van der Waals surface area contributed by atoms with Gasteiger partial charge in [0.25, 0.3) is 0 Å². The van der Waals surface area contributed by atoms with Crippen LogP contribution in [0, 0.1) is 0 Å². The second kappa shape index (κ2) is 6.17. The number of hydrogen-bond donors (Lipinski definition) is 0. The van der Waals surface area contributed by atoms with Crippen molar-refractivity contribution in [3.8, 4) is 0 Å². The van der Waals surface area contributed by atoms with Gasteiger partial charge in [-0.05, 0) is 34.2 Å². The average molecular weight is 210 g/mol. The zero-order chi connectivity index (χ0) is 7.44. The summed E-state index contributed by atoms with van der Waals surface area (Å²) in [6.07, 6.45) is 0. The highest BCUT2D eigenvalue weighted by Crippen LogP contribution is 2.02. The largest absolute Gasteiger partial charge is 0.299 e. The van der Waals surface area contributed by atoms with Crippen molar-refractivity contribution in [2.75, 3.05) is 6.54 Å². The van der Waals surface area contributed by atoms with Crippen LogP contribution in [0.2, 0.25) is 0 Å². The van der Waals surface area contributed by atoms with Crippen LogP contribution in [0.5, 0.6) is 0 Å². The average Bonchev–Trinajstić information content (AvgIpc) is 1.64. The zero-order valence-corrected chi connectivity index (χ0v) is 9.43. The molecule has 0 heterocycles. The summed E-state index contributed by atoms with van der Waals surface area (Å²) in [6.45, 7) is 12.3. The Morgan fingerprint density at radius 3 is 1.30 bits per heavy atom. The summed E-state index contributed by atoms with van der Waals surface area (Å²) in [7, 11) is 0. The normalized spacial score (nSPS) is 10.8. The molecule has 0 fully saturated rings. The summed E-state index contributed by atoms with van der Waals surface area (Å²) >= 11 is 0. The van der Waals surface area contributed by atoms with Crippen LogP contribution in [0.1, 0.15) is 34.6 Å². The zero-order valence-electron chi connectivity index (χ0n) is 7.72. The van der Waals surface area contributed by atoms with Gasteiger partial charge >= 0.3 is 0 Å². The Balaban J connectivity index is 0. The molecule has 0 spiro atoms. The van der Waals surface area contributed by atoms with Crippen molar-refractivity contribution >= 4 is 17.0 Å². The van der Waals surface area contributed by atoms with E-state index < -0.39 is 0 Å². The summed E-state index contributed by atoms with van der Waals surface area (Å²) in [6, 6.07) is 1.38. The molecule has 0 rings (SSSR count). The van der Waals surface area contributed by atoms with E-state index in [1.165, 1.54) is 0 Å². The van der Waals surface area contributed by atoms with E-state index in [-0.39, 0.29) is 17.0 Å². The first kappa shape index (κ1) is 13.1. The SMILES string of the molecule is Br.CCN(C(C)C)C(C)C. The quantitative estimate of drug-likeness (QED) is 0.692. The highest BCUT2D eigenvalue weighted by Gasteiger charge is 2.08. The number of rotatable bonds is 3. The summed E-state index contributed by atoms with van der Waals surface area (Å²) < 4.78 is 0. The molecule has 0 aromatic heterocycles. The van der Waals surface area contributed by atoms with Gasteiger partial charge in [-0.15, -0.1) is 17.0 Å². The van der Waals surface area contributed by atoms with Gasteiger partial charge in [-0.25, -0.2) is 0 Å². The van der Waals surface area contributed by atoms with Gasteiger partial charge in [-0.3, -0.25) is 4.90 Å². The maximum absolute atomic E-state index is 2.46. The van der Waals surface area contributed by atoms with Gasteiger partial charge in [-0.2, -0.15) is 0 Å². The fourth-order valence-corrected chi connectivity index (χ4v) is 1.33. The minimum atomic E-state index is 0. The molecule has 0 saturated heterocycles. The Kier molecular flexibility index (Phi) is 8.06. The first-order valence-corrected chi connectivity index (χ1v) is 3.85. The lowest BCUT2D eigenvalue weighted by Crippen LogP contribution is -2.36. The van der Waals surface area contributed by atoms with Crippen LogP contribution in [0.3, 0.4) is 0 Å². The molecule has 64 valence electrons. The van der Waals surface area contributed by atoms with E-state index in [2.05, 4.69) is 39.5 Å². The van der Waals surface area contributed by atoms with Crippen molar-refractivity contribution in [3.63, 3.8) is 0 Å². The third-order valence-electron chi connectivity index (χ3n) is 1.69. The van der Waals surface area contributed by atoms with Crippen LogP contribution in [-0.4, -0.2) is 23.5 Å². The molecule has 0 bridgehead atoms. The van der Waals surface area contributed by atoms with Crippen LogP contribution in [-0.2, 0) is 0 Å². The van der Waals surface area contributed by atoms with E-state index in [0.29, 0.717) is 12.1 Å². The van der Waals surface area contributed by atoms with Gasteiger partial charge in [0, 0.05) is 12.1 Å². The summed E-state index contributed by atoms with van der Waals surface area (Å²) in [5.41, 5.74) is 0. The molecule has 0 aliphatic carbocycles. The maximum Gasteiger partial charge on any atom is 0.00411 e. The fourth-order valence-electron chi connectivity index (χ4n) is 1.33. The van der Waals surface area contributed by atoms with Crippen LogP contribution in [0.25, 0.3) is 0 Å². The summed E-state index contributed by atoms with van der Waals surface area (Å²) in [5.74, 6) is 0. The Morgan fingerprint density at radius 2 is 1.30 bits per heavy atom. The van der Waals surface area contributed by atoms with Crippen LogP contribution < -0.4 is 0 Å². The highest BCUT2D eigenvalue weighted by molar-refractivity contribution is 8.93. The molecular formula is C8H20BrN. The predicted molar refractivity (Wildman–Crippen MR) is 53.0 cm³/mol. The van der Waals surface area contributed by atoms with Crippen LogP contribution in [0.15, 0.2) is 0 Å². The molecule has 0 N–H and O–H groups in total. The standard InChI is InChI=1S/C8H19N.BrH/c1-6-9(7(2)3)8(4)5;/h7-8H,6H2,1-5H3;1H. The molecule has 0 aliphatic heterocycles. The van der Waals surface area contributed by atoms with E-state index >= 15 is 0 Å². The molecule has 0 unspecified atom stereocenters. The van der Waals surface area contributed by atoms with E-state index in [4.69, 9.17) is 0 Å². The fraction of sp³-hybridized carbons (Fsp3) is 1.00. The van der Waals surface area contributed by atoms with Gasteiger partial charge in [0.05, 0.1) is 0 Å². The van der Waals surface area contributed by atoms with E-state index in [9.17, 15) is 0 Å². The van der Waals surface area contributed by atoms with Crippen molar-refractivity contribution in [2.24, 2.45) is 0 Å². The van der Waals surface area contributed by atoms with Crippen LogP contribution in [0.4, 0.5) is 0 Å². The van der Waals surface area contributed by atoms with Gasteiger partial charge in [0.15, 0.2) is 0 Å². The summed E-state index contributed by atoms with van der Waals surface area (Å²) in [4.78, 5) is 2.46. The lowest BCUT2D eigenvalue weighted by Gasteiger charge is -2.28. The molecule has 0 saturated carbocycles. The van der Waals surface area contributed by atoms with E-state index in [1.54, 1.807) is 0 Å². The van der Waals surface area contributed by atoms with Crippen LogP contribution >= 0.6 is 17.0 Å². The molecule has 2 heteroatoms. The monoisotopic (exact) mass is 209 g/mol. The Bertz CT molecular complexity index is 63.7. The topological polar surface area (TPSA) is 3.24 Å². The molecule has 0 aliphatic rings. The number of nitrogens with zero attached hydrogens (tertiary/aromatic N) is 1. The van der Waals surface area contributed by atoms with Crippen molar-refractivity contribution < 1.29 is 0 Å². The lowest BCUT2D eigenvalue weighted by atomic mass is 10.2. The minimum Gasteiger partial charge on any atom is -0.299 e. The molecular weight excluding hydrogens is 190 g/mol. The van der Waals surface area contributed by atoms with Gasteiger partial charge in [0.1, 0.15) is 0 Å². The molecule has 0 amide bonds. The van der Waals surface area contributed by atoms with Crippen molar-refractivity contribution in [1.29, 1.82) is 0 Å². The summed E-state index contributed by atoms with van der Waals surface area (Å²) in [5, 5.41) is 0. The highest BCUT2D eigenvalue weighted by atomic mass is 79.9. The minimum absolute atomic E-state index is 0. The van der Waals surface area contributed by atoms with Gasteiger partial charge in [-0.1, -0.05) is 6.92 Å². The predicted octanol–water partition coefficient (Wildman–Crippen LogP) is 2.70. The lowest BCUT2D eigenvalue weighted by molar-refractivity contribution is 0.185. The third-order valence-corrected chi connectivity index (χ3v) is 1.69. The third kappa shape index (κ3) is 4.29. The second-order valence-electron chi connectivity index (χ2n) is 3.02. The number of hydrogen-bond acceptors (Lipinski definition) is 1. The van der Waals surface area contributed by atoms with Crippen molar-refractivity contribution in [2.45, 2.75) is 46.7 Å². The Morgan fingerprint density at radius 1 is 1.00 bits per heavy atom. The first-order chi connectivity index (χ1) is 4.09. The Labute approximate surface area is 75.6 Å². The molecule has 1 nitrogen and oxygen atoms in total. The van der Waals surface area contributed by atoms with Crippen molar-refractivity contribution in [1.82, 2.24) is 4.90 Å². The Hall–Kier alpha value is 0.440. The van der Waals surface area contributed by atoms with Crippen molar-refractivity contribution in [3.05, 3.63) is 0 Å². The molecule has 0 aromatic rings. The molecule has 0 atom stereocenters. The number of halogens is 1. The van der Waals surface area contributed by atoms with Gasteiger partial charge in [0.2, 0.25) is 0 Å². The second-order valence-corrected chi connectivity index (χ2v) is 3.02. The molecule has 0 radical (unpaired) electrons. The van der Waals surface area contributed by atoms with E-state index in [0.717, 1.165) is 6.54 Å². The van der Waals surface area contributed by atoms with E-state index in [1.807, 2.05) is 0 Å². The maximum atomic E-state index is 2.46. The smallest absolute Gasteiger partial charge is 0.00411 e.